The number of hydrogen-bond acceptors (Lipinski definition) is 6. The van der Waals surface area contributed by atoms with Crippen LogP contribution in [0.5, 0.6) is 0 Å². The molecular weight excluding hydrogens is 769 g/mol. The van der Waals surface area contributed by atoms with Crippen molar-refractivity contribution in [2.75, 3.05) is 13.2 Å². The van der Waals surface area contributed by atoms with Gasteiger partial charge in [-0.1, -0.05) is 260 Å². The first-order chi connectivity index (χ1) is 30.5. The molecule has 0 amide bonds. The number of ether oxygens (including phenoxy) is 3. The molecule has 1 atom stereocenters. The number of carbonyl (C=O) groups excluding carboxylic acids is 3. The Kier molecular flexibility index (Phi) is 47.5. The van der Waals surface area contributed by atoms with Crippen molar-refractivity contribution in [3.8, 4) is 0 Å². The highest BCUT2D eigenvalue weighted by Gasteiger charge is 2.19. The quantitative estimate of drug-likeness (QED) is 0.0263. The van der Waals surface area contributed by atoms with Gasteiger partial charge >= 0.3 is 17.9 Å². The molecule has 0 aromatic heterocycles. The Bertz CT molecular complexity index is 1220. The third-order valence-corrected chi connectivity index (χ3v) is 10.9. The van der Waals surface area contributed by atoms with Crippen molar-refractivity contribution in [3.05, 3.63) is 85.1 Å². The molecule has 0 aromatic carbocycles. The van der Waals surface area contributed by atoms with Crippen molar-refractivity contribution in [1.29, 1.82) is 0 Å². The monoisotopic (exact) mass is 863 g/mol. The molecular formula is C56H94O6. The van der Waals surface area contributed by atoms with Gasteiger partial charge in [0, 0.05) is 19.3 Å². The van der Waals surface area contributed by atoms with Crippen molar-refractivity contribution in [1.82, 2.24) is 0 Å². The number of carbonyl (C=O) groups is 3. The lowest BCUT2D eigenvalue weighted by atomic mass is 10.0. The summed E-state index contributed by atoms with van der Waals surface area (Å²) in [6, 6.07) is 0. The molecule has 354 valence electrons. The van der Waals surface area contributed by atoms with Gasteiger partial charge in [0.2, 0.25) is 0 Å². The first-order valence-corrected chi connectivity index (χ1v) is 25.7. The molecule has 62 heavy (non-hydrogen) atoms. The minimum Gasteiger partial charge on any atom is -0.462 e. The number of unbranched alkanes of at least 4 members (excludes halogenated alkanes) is 26. The molecule has 0 heterocycles. The molecule has 0 bridgehead atoms. The summed E-state index contributed by atoms with van der Waals surface area (Å²) in [5.74, 6) is -0.933. The summed E-state index contributed by atoms with van der Waals surface area (Å²) in [5.41, 5.74) is 0. The highest BCUT2D eigenvalue weighted by atomic mass is 16.6. The first kappa shape index (κ1) is 58.6. The smallest absolute Gasteiger partial charge is 0.306 e. The zero-order valence-corrected chi connectivity index (χ0v) is 40.4. The van der Waals surface area contributed by atoms with Gasteiger partial charge in [-0.05, 0) is 38.5 Å². The molecule has 0 N–H and O–H groups in total. The van der Waals surface area contributed by atoms with Crippen molar-refractivity contribution in [2.24, 2.45) is 0 Å². The van der Waals surface area contributed by atoms with Gasteiger partial charge in [-0.15, -0.1) is 0 Å². The molecule has 0 radical (unpaired) electrons. The summed E-state index contributed by atoms with van der Waals surface area (Å²) < 4.78 is 16.8. The van der Waals surface area contributed by atoms with Gasteiger partial charge in [-0.2, -0.15) is 0 Å². The predicted molar refractivity (Wildman–Crippen MR) is 265 cm³/mol. The second-order valence-corrected chi connectivity index (χ2v) is 16.9. The maximum Gasteiger partial charge on any atom is 0.306 e. The van der Waals surface area contributed by atoms with E-state index in [1.165, 1.54) is 122 Å². The Morgan fingerprint density at radius 2 is 0.629 bits per heavy atom. The van der Waals surface area contributed by atoms with Crippen molar-refractivity contribution >= 4 is 17.9 Å². The second-order valence-electron chi connectivity index (χ2n) is 16.9. The summed E-state index contributed by atoms with van der Waals surface area (Å²) >= 11 is 0. The topological polar surface area (TPSA) is 78.9 Å². The number of allylic oxidation sites excluding steroid dienone is 14. The van der Waals surface area contributed by atoms with E-state index in [0.717, 1.165) is 70.6 Å². The van der Waals surface area contributed by atoms with E-state index in [0.29, 0.717) is 19.3 Å². The molecule has 6 nitrogen and oxygen atoms in total. The van der Waals surface area contributed by atoms with Crippen LogP contribution in [0.4, 0.5) is 0 Å². The summed E-state index contributed by atoms with van der Waals surface area (Å²) in [5, 5.41) is 0. The average molecular weight is 863 g/mol. The summed E-state index contributed by atoms with van der Waals surface area (Å²) in [4.78, 5) is 37.9. The van der Waals surface area contributed by atoms with Crippen molar-refractivity contribution in [2.45, 2.75) is 239 Å². The van der Waals surface area contributed by atoms with E-state index < -0.39 is 6.10 Å². The summed E-state index contributed by atoms with van der Waals surface area (Å²) in [6.45, 7) is 6.45. The third kappa shape index (κ3) is 47.6. The molecule has 6 heteroatoms. The molecule has 0 aliphatic heterocycles. The van der Waals surface area contributed by atoms with Crippen LogP contribution >= 0.6 is 0 Å². The average Bonchev–Trinajstić information content (AvgIpc) is 3.27. The molecule has 0 aliphatic carbocycles. The molecule has 0 aromatic rings. The first-order valence-electron chi connectivity index (χ1n) is 25.7. The van der Waals surface area contributed by atoms with Crippen LogP contribution in [0, 0.1) is 0 Å². The van der Waals surface area contributed by atoms with Crippen molar-refractivity contribution in [3.63, 3.8) is 0 Å². The number of rotatable bonds is 45. The van der Waals surface area contributed by atoms with Gasteiger partial charge in [0.05, 0.1) is 0 Å². The van der Waals surface area contributed by atoms with E-state index in [1.807, 2.05) is 72.9 Å². The minimum absolute atomic E-state index is 0.0887. The van der Waals surface area contributed by atoms with E-state index in [1.54, 1.807) is 0 Å². The van der Waals surface area contributed by atoms with Crippen molar-refractivity contribution < 1.29 is 28.6 Å². The molecule has 0 aliphatic rings. The SMILES string of the molecule is CC\C=C/C=C\C=C/C=C\C=C\C=C/C=C\CCCCCC(=O)OCC(COC(=O)CCCCCCCCCCCCCC)OC(=O)CCCCCCCCCCCCCCC. The van der Waals surface area contributed by atoms with Gasteiger partial charge in [-0.25, -0.2) is 0 Å². The van der Waals surface area contributed by atoms with Gasteiger partial charge < -0.3 is 14.2 Å². The molecule has 0 saturated carbocycles. The Labute approximate surface area is 382 Å². The van der Waals surface area contributed by atoms with Gasteiger partial charge in [-0.3, -0.25) is 14.4 Å². The standard InChI is InChI=1S/C56H94O6/c1-4-7-10-13-16-19-22-25-26-27-28-29-30-32-34-37-40-43-46-49-55(58)61-52-53(51-60-54(57)48-45-42-39-36-33-24-21-18-15-12-9-6-3)62-56(59)50-47-44-41-38-35-31-23-20-17-14-11-8-5-2/h7,10,13,16,19,22,25-30,32,34,53H,4-6,8-9,11-12,14-15,17-18,20-21,23-24,31,33,35-52H2,1-3H3/b10-7-,16-13-,22-19-,26-25-,28-27+,30-29-,34-32-. The molecule has 0 fully saturated rings. The lowest BCUT2D eigenvalue weighted by Gasteiger charge is -2.18. The van der Waals surface area contributed by atoms with Crippen LogP contribution in [0.25, 0.3) is 0 Å². The van der Waals surface area contributed by atoms with E-state index >= 15 is 0 Å². The molecule has 0 saturated heterocycles. The normalized spacial score (nSPS) is 12.8. The zero-order valence-electron chi connectivity index (χ0n) is 40.4. The maximum absolute atomic E-state index is 12.8. The zero-order chi connectivity index (χ0) is 45.1. The van der Waals surface area contributed by atoms with Crippen LogP contribution in [0.1, 0.15) is 233 Å². The van der Waals surface area contributed by atoms with Crippen LogP contribution in [-0.4, -0.2) is 37.2 Å². The molecule has 0 spiro atoms. The Balaban J connectivity index is 4.47. The van der Waals surface area contributed by atoms with Crippen LogP contribution in [0.2, 0.25) is 0 Å². The highest BCUT2D eigenvalue weighted by molar-refractivity contribution is 5.71. The van der Waals surface area contributed by atoms with Gasteiger partial charge in [0.25, 0.3) is 0 Å². The fourth-order valence-electron chi connectivity index (χ4n) is 7.01. The highest BCUT2D eigenvalue weighted by Crippen LogP contribution is 2.15. The Morgan fingerprint density at radius 1 is 0.339 bits per heavy atom. The van der Waals surface area contributed by atoms with E-state index in [4.69, 9.17) is 14.2 Å². The second kappa shape index (κ2) is 50.2. The Morgan fingerprint density at radius 3 is 0.984 bits per heavy atom. The van der Waals surface area contributed by atoms with Crippen LogP contribution in [0.3, 0.4) is 0 Å². The van der Waals surface area contributed by atoms with Crippen LogP contribution in [0.15, 0.2) is 85.1 Å². The summed E-state index contributed by atoms with van der Waals surface area (Å²) in [7, 11) is 0. The predicted octanol–water partition coefficient (Wildman–Crippen LogP) is 16.8. The number of hydrogen-bond donors (Lipinski definition) is 0. The van der Waals surface area contributed by atoms with Crippen LogP contribution in [-0.2, 0) is 28.6 Å². The van der Waals surface area contributed by atoms with E-state index in [-0.39, 0.29) is 31.1 Å². The Hall–Kier alpha value is -3.41. The molecule has 0 rings (SSSR count). The number of esters is 3. The molecule has 1 unspecified atom stereocenters. The summed E-state index contributed by atoms with van der Waals surface area (Å²) in [6.07, 6.45) is 64.1. The largest absolute Gasteiger partial charge is 0.462 e. The van der Waals surface area contributed by atoms with E-state index in [9.17, 15) is 14.4 Å². The van der Waals surface area contributed by atoms with Crippen LogP contribution < -0.4 is 0 Å². The van der Waals surface area contributed by atoms with Gasteiger partial charge in [0.15, 0.2) is 6.10 Å². The minimum atomic E-state index is -0.791. The fraction of sp³-hybridized carbons (Fsp3) is 0.696. The lowest BCUT2D eigenvalue weighted by Crippen LogP contribution is -2.30. The van der Waals surface area contributed by atoms with Gasteiger partial charge in [0.1, 0.15) is 13.2 Å². The fourth-order valence-corrected chi connectivity index (χ4v) is 7.01. The third-order valence-electron chi connectivity index (χ3n) is 10.9. The maximum atomic E-state index is 12.8. The lowest BCUT2D eigenvalue weighted by molar-refractivity contribution is -0.167. The van der Waals surface area contributed by atoms with E-state index in [2.05, 4.69) is 32.9 Å².